The number of hydrogen-bond donors (Lipinski definition) is 1. The van der Waals surface area contributed by atoms with Gasteiger partial charge in [0.1, 0.15) is 0 Å². The highest BCUT2D eigenvalue weighted by Crippen LogP contribution is 2.14. The highest BCUT2D eigenvalue weighted by atomic mass is 15.2. The zero-order chi connectivity index (χ0) is 12.7. The van der Waals surface area contributed by atoms with E-state index in [0.29, 0.717) is 6.04 Å². The van der Waals surface area contributed by atoms with Gasteiger partial charge in [0.25, 0.3) is 0 Å². The summed E-state index contributed by atoms with van der Waals surface area (Å²) < 4.78 is 0. The van der Waals surface area contributed by atoms with Crippen LogP contribution in [0.5, 0.6) is 0 Å². The topological polar surface area (TPSA) is 18.5 Å². The minimum absolute atomic E-state index is 0.672. The van der Waals surface area contributed by atoms with Crippen LogP contribution in [0, 0.1) is 5.92 Å². The van der Waals surface area contributed by atoms with Crippen molar-refractivity contribution in [2.45, 2.75) is 39.2 Å². The predicted molar refractivity (Wildman–Crippen MR) is 75.5 cm³/mol. The molecule has 1 saturated heterocycles. The van der Waals surface area contributed by atoms with Crippen molar-refractivity contribution < 1.29 is 0 Å². The van der Waals surface area contributed by atoms with Gasteiger partial charge in [-0.05, 0) is 46.3 Å². The Morgan fingerprint density at radius 3 is 2.82 bits per heavy atom. The van der Waals surface area contributed by atoms with Crippen LogP contribution in [0.25, 0.3) is 0 Å². The molecular formula is C14H31N3. The Balaban J connectivity index is 2.03. The molecule has 0 spiro atoms. The van der Waals surface area contributed by atoms with E-state index in [9.17, 15) is 0 Å². The van der Waals surface area contributed by atoms with E-state index < -0.39 is 0 Å². The van der Waals surface area contributed by atoms with E-state index in [-0.39, 0.29) is 0 Å². The molecule has 0 bridgehead atoms. The Bertz CT molecular complexity index is 196. The van der Waals surface area contributed by atoms with Crippen molar-refractivity contribution in [3.63, 3.8) is 0 Å². The summed E-state index contributed by atoms with van der Waals surface area (Å²) in [5.74, 6) is 0.887. The first-order chi connectivity index (χ1) is 8.11. The second-order valence-electron chi connectivity index (χ2n) is 5.82. The largest absolute Gasteiger partial charge is 0.313 e. The molecule has 0 aliphatic carbocycles. The molecule has 0 aromatic rings. The van der Waals surface area contributed by atoms with E-state index in [1.807, 2.05) is 0 Å². The van der Waals surface area contributed by atoms with Gasteiger partial charge in [0.05, 0.1) is 0 Å². The molecule has 0 radical (unpaired) electrons. The summed E-state index contributed by atoms with van der Waals surface area (Å²) in [7, 11) is 4.48. The third-order valence-electron chi connectivity index (χ3n) is 3.77. The molecular weight excluding hydrogens is 210 g/mol. The van der Waals surface area contributed by atoms with Crippen LogP contribution in [0.4, 0.5) is 0 Å². The Morgan fingerprint density at radius 2 is 2.24 bits per heavy atom. The van der Waals surface area contributed by atoms with Crippen LogP contribution in [-0.2, 0) is 0 Å². The summed E-state index contributed by atoms with van der Waals surface area (Å²) in [6.07, 6.45) is 3.94. The first kappa shape index (κ1) is 14.9. The monoisotopic (exact) mass is 241 g/mol. The average molecular weight is 241 g/mol. The third kappa shape index (κ3) is 6.39. The zero-order valence-corrected chi connectivity index (χ0v) is 12.2. The van der Waals surface area contributed by atoms with Gasteiger partial charge in [-0.25, -0.2) is 0 Å². The lowest BCUT2D eigenvalue weighted by molar-refractivity contribution is 0.269. The van der Waals surface area contributed by atoms with Crippen molar-refractivity contribution in [2.75, 3.05) is 46.8 Å². The van der Waals surface area contributed by atoms with E-state index in [4.69, 9.17) is 0 Å². The van der Waals surface area contributed by atoms with Crippen LogP contribution in [-0.4, -0.2) is 62.7 Å². The SMILES string of the molecule is CCCC(C)NCCN(C)CC1CCN(C)C1. The lowest BCUT2D eigenvalue weighted by Gasteiger charge is -2.22. The standard InChI is InChI=1S/C14H31N3/c1-5-6-13(2)15-8-10-17(4)12-14-7-9-16(3)11-14/h13-15H,5-12H2,1-4H3. The van der Waals surface area contributed by atoms with Crippen LogP contribution in [0.2, 0.25) is 0 Å². The van der Waals surface area contributed by atoms with Crippen LogP contribution in [0.1, 0.15) is 33.1 Å². The lowest BCUT2D eigenvalue weighted by atomic mass is 10.1. The van der Waals surface area contributed by atoms with Gasteiger partial charge in [-0.1, -0.05) is 13.3 Å². The number of likely N-dealkylation sites (tertiary alicyclic amines) is 1. The molecule has 1 aliphatic heterocycles. The van der Waals surface area contributed by atoms with E-state index in [1.165, 1.54) is 45.4 Å². The highest BCUT2D eigenvalue weighted by Gasteiger charge is 2.20. The van der Waals surface area contributed by atoms with E-state index in [0.717, 1.165) is 12.5 Å². The quantitative estimate of drug-likeness (QED) is 0.697. The number of nitrogens with one attached hydrogen (secondary N) is 1. The average Bonchev–Trinajstić information content (AvgIpc) is 2.64. The van der Waals surface area contributed by atoms with Crippen molar-refractivity contribution in [1.82, 2.24) is 15.1 Å². The lowest BCUT2D eigenvalue weighted by Crippen LogP contribution is -2.36. The second kappa shape index (κ2) is 8.06. The fourth-order valence-corrected chi connectivity index (χ4v) is 2.74. The summed E-state index contributed by atoms with van der Waals surface area (Å²) in [6.45, 7) is 10.7. The van der Waals surface area contributed by atoms with Crippen LogP contribution in [0.15, 0.2) is 0 Å². The van der Waals surface area contributed by atoms with Gasteiger partial charge in [0.2, 0.25) is 0 Å². The van der Waals surface area contributed by atoms with Crippen molar-refractivity contribution in [3.8, 4) is 0 Å². The highest BCUT2D eigenvalue weighted by molar-refractivity contribution is 4.75. The number of nitrogens with zero attached hydrogens (tertiary/aromatic N) is 2. The Labute approximate surface area is 108 Å². The summed E-state index contributed by atoms with van der Waals surface area (Å²) in [6, 6.07) is 0.672. The van der Waals surface area contributed by atoms with Gasteiger partial charge in [-0.15, -0.1) is 0 Å². The molecule has 3 heteroatoms. The van der Waals surface area contributed by atoms with Gasteiger partial charge in [0, 0.05) is 32.2 Å². The second-order valence-corrected chi connectivity index (χ2v) is 5.82. The van der Waals surface area contributed by atoms with Gasteiger partial charge < -0.3 is 15.1 Å². The summed E-state index contributed by atoms with van der Waals surface area (Å²) in [5.41, 5.74) is 0. The molecule has 3 nitrogen and oxygen atoms in total. The van der Waals surface area contributed by atoms with Crippen LogP contribution >= 0.6 is 0 Å². The normalized spacial score (nSPS) is 23.5. The van der Waals surface area contributed by atoms with Gasteiger partial charge in [-0.2, -0.15) is 0 Å². The van der Waals surface area contributed by atoms with Crippen LogP contribution in [0.3, 0.4) is 0 Å². The molecule has 2 unspecified atom stereocenters. The van der Waals surface area contributed by atoms with Crippen molar-refractivity contribution in [3.05, 3.63) is 0 Å². The van der Waals surface area contributed by atoms with Gasteiger partial charge in [-0.3, -0.25) is 0 Å². The maximum atomic E-state index is 3.60. The molecule has 2 atom stereocenters. The van der Waals surface area contributed by atoms with Crippen molar-refractivity contribution in [1.29, 1.82) is 0 Å². The summed E-state index contributed by atoms with van der Waals surface area (Å²) >= 11 is 0. The molecule has 1 aliphatic rings. The minimum atomic E-state index is 0.672. The summed E-state index contributed by atoms with van der Waals surface area (Å²) in [5, 5.41) is 3.60. The fourth-order valence-electron chi connectivity index (χ4n) is 2.74. The molecule has 1 rings (SSSR count). The molecule has 102 valence electrons. The molecule has 17 heavy (non-hydrogen) atoms. The Hall–Kier alpha value is -0.120. The minimum Gasteiger partial charge on any atom is -0.313 e. The molecule has 1 N–H and O–H groups in total. The van der Waals surface area contributed by atoms with Gasteiger partial charge in [0.15, 0.2) is 0 Å². The molecule has 1 fully saturated rings. The number of hydrogen-bond acceptors (Lipinski definition) is 3. The molecule has 0 saturated carbocycles. The van der Waals surface area contributed by atoms with Gasteiger partial charge >= 0.3 is 0 Å². The van der Waals surface area contributed by atoms with E-state index in [2.05, 4.69) is 43.1 Å². The van der Waals surface area contributed by atoms with Crippen molar-refractivity contribution >= 4 is 0 Å². The maximum absolute atomic E-state index is 3.60. The predicted octanol–water partition coefficient (Wildman–Crippen LogP) is 1.65. The summed E-state index contributed by atoms with van der Waals surface area (Å²) in [4.78, 5) is 4.93. The molecule has 0 aromatic heterocycles. The Morgan fingerprint density at radius 1 is 1.47 bits per heavy atom. The molecule has 0 aromatic carbocycles. The number of rotatable bonds is 8. The zero-order valence-electron chi connectivity index (χ0n) is 12.2. The Kier molecular flexibility index (Phi) is 7.09. The molecule has 0 amide bonds. The van der Waals surface area contributed by atoms with Crippen molar-refractivity contribution in [2.24, 2.45) is 5.92 Å². The maximum Gasteiger partial charge on any atom is 0.0104 e. The fraction of sp³-hybridized carbons (Fsp3) is 1.00. The van der Waals surface area contributed by atoms with E-state index in [1.54, 1.807) is 0 Å². The first-order valence-corrected chi connectivity index (χ1v) is 7.22. The molecule has 1 heterocycles. The van der Waals surface area contributed by atoms with E-state index >= 15 is 0 Å². The van der Waals surface area contributed by atoms with Crippen LogP contribution < -0.4 is 5.32 Å². The smallest absolute Gasteiger partial charge is 0.0104 e. The first-order valence-electron chi connectivity index (χ1n) is 7.22. The third-order valence-corrected chi connectivity index (χ3v) is 3.77. The number of likely N-dealkylation sites (N-methyl/N-ethyl adjacent to an activating group) is 1.